The highest BCUT2D eigenvalue weighted by molar-refractivity contribution is 5.73. The summed E-state index contributed by atoms with van der Waals surface area (Å²) >= 11 is 0. The molecule has 0 aromatic rings. The van der Waals surface area contributed by atoms with Crippen molar-refractivity contribution in [3.63, 3.8) is 0 Å². The fourth-order valence-electron chi connectivity index (χ4n) is 13.7. The second kappa shape index (κ2) is 17.6. The van der Waals surface area contributed by atoms with Crippen LogP contribution < -0.4 is 0 Å². The summed E-state index contributed by atoms with van der Waals surface area (Å²) in [6.45, 7) is 10.6. The van der Waals surface area contributed by atoms with Crippen LogP contribution in [0.4, 0.5) is 0 Å². The zero-order valence-electron chi connectivity index (χ0n) is 36.8. The third kappa shape index (κ3) is 7.86. The van der Waals surface area contributed by atoms with Crippen LogP contribution in [0.5, 0.6) is 0 Å². The maximum absolute atomic E-state index is 12.3. The molecule has 4 bridgehead atoms. The molecule has 0 aromatic heterocycles. The number of aliphatic hydroxyl groups is 8. The fraction of sp³-hybridized carbons (Fsp3) is 0.933. The monoisotopic (exact) mass is 898 g/mol. The van der Waals surface area contributed by atoms with E-state index in [0.29, 0.717) is 49.0 Å². The van der Waals surface area contributed by atoms with E-state index >= 15 is 0 Å². The van der Waals surface area contributed by atoms with Gasteiger partial charge in [-0.25, -0.2) is 4.79 Å². The molecule has 0 amide bonds. The Labute approximate surface area is 367 Å². The minimum Gasteiger partial charge on any atom is -0.479 e. The van der Waals surface area contributed by atoms with E-state index in [4.69, 9.17) is 37.9 Å². The molecule has 27 atom stereocenters. The van der Waals surface area contributed by atoms with Crippen molar-refractivity contribution in [3.8, 4) is 0 Å². The van der Waals surface area contributed by atoms with Crippen molar-refractivity contribution >= 4 is 5.97 Å². The molecule has 5 saturated heterocycles. The molecule has 63 heavy (non-hydrogen) atoms. The SMILES string of the molecule is CCC(C)[C@@H]1O[C@H]1C(C)[C@H]1CCC2C3=C[C@H]4OCC5OC(OC6C(OC(CO)C(O)C6O)OC6C(OC(C(=O)O)C(O)C6O)O[C@H]6CC[C@](C)(C3CC[C@@]21C)C4C6)C(O)C(O)C5O. The van der Waals surface area contributed by atoms with E-state index < -0.39 is 117 Å². The number of ether oxygens (including phenoxy) is 8. The van der Waals surface area contributed by atoms with Crippen LogP contribution >= 0.6 is 0 Å². The zero-order chi connectivity index (χ0) is 45.0. The molecule has 4 aliphatic carbocycles. The molecular formula is C45H70O18. The lowest BCUT2D eigenvalue weighted by Gasteiger charge is -2.60. The van der Waals surface area contributed by atoms with Gasteiger partial charge in [-0.15, -0.1) is 0 Å². The first kappa shape index (κ1) is 46.7. The zero-order valence-corrected chi connectivity index (χ0v) is 36.8. The number of aliphatic hydroxyl groups excluding tert-OH is 8. The summed E-state index contributed by atoms with van der Waals surface area (Å²) in [5, 5.41) is 98.4. The Bertz CT molecular complexity index is 1690. The van der Waals surface area contributed by atoms with Crippen LogP contribution in [-0.4, -0.2) is 182 Å². The van der Waals surface area contributed by atoms with Gasteiger partial charge in [0.2, 0.25) is 0 Å². The second-order valence-electron chi connectivity index (χ2n) is 20.9. The van der Waals surface area contributed by atoms with Crippen molar-refractivity contribution in [2.45, 2.75) is 203 Å². The Morgan fingerprint density at radius 1 is 0.714 bits per heavy atom. The van der Waals surface area contributed by atoms with Crippen molar-refractivity contribution in [1.29, 1.82) is 0 Å². The summed E-state index contributed by atoms with van der Waals surface area (Å²) in [6.07, 6.45) is -17.4. The molecule has 8 fully saturated rings. The summed E-state index contributed by atoms with van der Waals surface area (Å²) in [6, 6.07) is 0. The highest BCUT2D eigenvalue weighted by atomic mass is 16.8. The summed E-state index contributed by atoms with van der Waals surface area (Å²) < 4.78 is 49.8. The first-order chi connectivity index (χ1) is 29.9. The normalized spacial score (nSPS) is 55.5. The molecule has 9 aliphatic rings. The molecule has 5 heterocycles. The standard InChI is InChI=1S/C45H70O18/c1-6-17(2)35-36(60-35)18(3)21-7-8-22-20-14-25-24-13-19(9-11-45(24,5)23(20)10-12-44(21,22)4)57-42-39(33(52)32(51)37(61-42)40(54)55)63-43-38(31(50)28(47)26(15-46)58-43)62-41-34(53)30(49)29(48)27(59-41)16-56-25/h14,17-19,21-39,41-43,46-53H,6-13,15-16H2,1-5H3,(H,54,55)/t17?,18?,19-,21+,22?,23?,24?,25+,26?,27?,28?,29?,30?,31?,32?,33?,34?,35-,36-,37?,38?,39?,41?,42?,43?,44+,45+/m0/s1. The lowest BCUT2D eigenvalue weighted by atomic mass is 9.47. The van der Waals surface area contributed by atoms with Gasteiger partial charge in [0.15, 0.2) is 25.0 Å². The topological polar surface area (TPSA) is 276 Å². The van der Waals surface area contributed by atoms with Gasteiger partial charge in [0.25, 0.3) is 0 Å². The molecule has 3 saturated carbocycles. The molecule has 20 unspecified atom stereocenters. The van der Waals surface area contributed by atoms with E-state index in [9.17, 15) is 50.8 Å². The Balaban J connectivity index is 1.07. The van der Waals surface area contributed by atoms with Gasteiger partial charge in [-0.05, 0) is 91.3 Å². The number of allylic oxidation sites excluding steroid dienone is 1. The number of rotatable bonds is 6. The van der Waals surface area contributed by atoms with E-state index in [0.717, 1.165) is 32.1 Å². The average molecular weight is 899 g/mol. The van der Waals surface area contributed by atoms with Crippen molar-refractivity contribution in [2.75, 3.05) is 13.2 Å². The lowest BCUT2D eigenvalue weighted by Crippen LogP contribution is -2.67. The Morgan fingerprint density at radius 2 is 1.38 bits per heavy atom. The lowest BCUT2D eigenvalue weighted by molar-refractivity contribution is -0.395. The molecular weight excluding hydrogens is 828 g/mol. The predicted molar refractivity (Wildman–Crippen MR) is 215 cm³/mol. The highest BCUT2D eigenvalue weighted by Gasteiger charge is 2.63. The van der Waals surface area contributed by atoms with Gasteiger partial charge in [-0.3, -0.25) is 0 Å². The van der Waals surface area contributed by atoms with E-state index in [1.807, 2.05) is 0 Å². The van der Waals surface area contributed by atoms with Crippen LogP contribution in [0.15, 0.2) is 11.6 Å². The fourth-order valence-corrected chi connectivity index (χ4v) is 13.7. The number of carbonyl (C=O) groups is 1. The maximum atomic E-state index is 12.3. The number of epoxide rings is 1. The predicted octanol–water partition coefficient (Wildman–Crippen LogP) is -0.0428. The maximum Gasteiger partial charge on any atom is 0.335 e. The van der Waals surface area contributed by atoms with Crippen LogP contribution in [0.1, 0.15) is 86.0 Å². The van der Waals surface area contributed by atoms with Crippen LogP contribution in [0, 0.1) is 46.3 Å². The van der Waals surface area contributed by atoms with Crippen molar-refractivity contribution in [2.24, 2.45) is 46.3 Å². The molecule has 0 aromatic carbocycles. The first-order valence-electron chi connectivity index (χ1n) is 23.4. The van der Waals surface area contributed by atoms with Crippen LogP contribution in [0.2, 0.25) is 0 Å². The van der Waals surface area contributed by atoms with Gasteiger partial charge in [0.05, 0.1) is 37.6 Å². The number of aliphatic carboxylic acids is 1. The van der Waals surface area contributed by atoms with E-state index in [-0.39, 0.29) is 35.4 Å². The van der Waals surface area contributed by atoms with Crippen LogP contribution in [0.3, 0.4) is 0 Å². The van der Waals surface area contributed by atoms with Gasteiger partial charge < -0.3 is 83.9 Å². The van der Waals surface area contributed by atoms with Gasteiger partial charge in [0, 0.05) is 0 Å². The van der Waals surface area contributed by atoms with E-state index in [1.165, 1.54) is 5.57 Å². The molecule has 9 rings (SSSR count). The molecule has 9 N–H and O–H groups in total. The summed E-state index contributed by atoms with van der Waals surface area (Å²) in [5.41, 5.74) is 1.16. The molecule has 0 radical (unpaired) electrons. The molecule has 5 aliphatic heterocycles. The summed E-state index contributed by atoms with van der Waals surface area (Å²) in [5.74, 6) is 0.273. The highest BCUT2D eigenvalue weighted by Crippen LogP contribution is 2.68. The van der Waals surface area contributed by atoms with Crippen molar-refractivity contribution in [1.82, 2.24) is 0 Å². The third-order valence-corrected chi connectivity index (χ3v) is 17.7. The number of fused-ring (bicyclic) bond motifs is 9. The third-order valence-electron chi connectivity index (χ3n) is 17.7. The van der Waals surface area contributed by atoms with Gasteiger partial charge in [-0.1, -0.05) is 52.7 Å². The van der Waals surface area contributed by atoms with Gasteiger partial charge >= 0.3 is 5.97 Å². The van der Waals surface area contributed by atoms with E-state index in [1.54, 1.807) is 0 Å². The number of hydrogen-bond acceptors (Lipinski definition) is 17. The van der Waals surface area contributed by atoms with Crippen molar-refractivity contribution in [3.05, 3.63) is 11.6 Å². The van der Waals surface area contributed by atoms with Crippen molar-refractivity contribution < 1.29 is 88.6 Å². The first-order valence-corrected chi connectivity index (χ1v) is 23.4. The molecule has 18 nitrogen and oxygen atoms in total. The smallest absolute Gasteiger partial charge is 0.335 e. The number of carboxylic acid groups (broad SMARTS) is 1. The van der Waals surface area contributed by atoms with Crippen LogP contribution in [-0.2, 0) is 42.7 Å². The number of carboxylic acids is 1. The number of hydrogen-bond donors (Lipinski definition) is 9. The minimum atomic E-state index is -2.01. The Kier molecular flexibility index (Phi) is 13.0. The molecule has 18 heteroatoms. The van der Waals surface area contributed by atoms with Gasteiger partial charge in [0.1, 0.15) is 67.1 Å². The van der Waals surface area contributed by atoms with E-state index in [2.05, 4.69) is 40.7 Å². The Hall–Kier alpha value is -1.43. The summed E-state index contributed by atoms with van der Waals surface area (Å²) in [7, 11) is 0. The molecule has 0 spiro atoms. The largest absolute Gasteiger partial charge is 0.479 e. The summed E-state index contributed by atoms with van der Waals surface area (Å²) in [4.78, 5) is 12.3. The quantitative estimate of drug-likeness (QED) is 0.125. The minimum absolute atomic E-state index is 0.0540. The second-order valence-corrected chi connectivity index (χ2v) is 20.9. The van der Waals surface area contributed by atoms with Gasteiger partial charge in [-0.2, -0.15) is 0 Å². The average Bonchev–Trinajstić information content (AvgIpc) is 3.98. The molecule has 358 valence electrons. The Morgan fingerprint density at radius 3 is 2.08 bits per heavy atom. The van der Waals surface area contributed by atoms with Crippen LogP contribution in [0.25, 0.3) is 0 Å².